The third-order valence-electron chi connectivity index (χ3n) is 3.83. The van der Waals surface area contributed by atoms with E-state index in [0.717, 1.165) is 48.0 Å². The summed E-state index contributed by atoms with van der Waals surface area (Å²) in [5.41, 5.74) is 1.83. The number of benzene rings is 1. The molecule has 1 aromatic heterocycles. The van der Waals surface area contributed by atoms with Gasteiger partial charge >= 0.3 is 0 Å². The lowest BCUT2D eigenvalue weighted by atomic mass is 10.1. The monoisotopic (exact) mass is 291 g/mol. The minimum Gasteiger partial charge on any atom is -0.495 e. The molecule has 0 saturated heterocycles. The fourth-order valence-corrected chi connectivity index (χ4v) is 2.78. The van der Waals surface area contributed by atoms with Crippen LogP contribution in [0.5, 0.6) is 5.75 Å². The van der Waals surface area contributed by atoms with Crippen molar-refractivity contribution in [2.24, 2.45) is 5.92 Å². The second-order valence-electron chi connectivity index (χ2n) is 5.27. The minimum atomic E-state index is 0.230. The number of halogens is 1. The lowest BCUT2D eigenvalue weighted by molar-refractivity contribution is 0.0969. The van der Waals surface area contributed by atoms with Crippen molar-refractivity contribution >= 4 is 28.3 Å². The highest BCUT2D eigenvalue weighted by atomic mass is 35.5. The van der Waals surface area contributed by atoms with Crippen molar-refractivity contribution in [1.29, 1.82) is 0 Å². The van der Waals surface area contributed by atoms with Gasteiger partial charge in [-0.1, -0.05) is 12.1 Å². The van der Waals surface area contributed by atoms with Crippen LogP contribution in [0.3, 0.4) is 0 Å². The van der Waals surface area contributed by atoms with Crippen LogP contribution >= 0.6 is 11.6 Å². The summed E-state index contributed by atoms with van der Waals surface area (Å²) in [4.78, 5) is 12.4. The smallest absolute Gasteiger partial charge is 0.168 e. The van der Waals surface area contributed by atoms with Gasteiger partial charge in [0.05, 0.1) is 12.6 Å². The van der Waals surface area contributed by atoms with Gasteiger partial charge < -0.3 is 9.30 Å². The molecule has 1 saturated carbocycles. The van der Waals surface area contributed by atoms with Gasteiger partial charge in [-0.15, -0.1) is 11.6 Å². The third kappa shape index (κ3) is 2.31. The number of ether oxygens (including phenoxy) is 1. The summed E-state index contributed by atoms with van der Waals surface area (Å²) in [5.74, 6) is 1.92. The number of fused-ring (bicyclic) bond motifs is 1. The maximum Gasteiger partial charge on any atom is 0.168 e. The van der Waals surface area contributed by atoms with Crippen LogP contribution in [-0.2, 0) is 6.54 Å². The second-order valence-corrected chi connectivity index (χ2v) is 5.65. The van der Waals surface area contributed by atoms with E-state index in [1.807, 2.05) is 24.4 Å². The maximum absolute atomic E-state index is 12.4. The summed E-state index contributed by atoms with van der Waals surface area (Å²) in [6.45, 7) is 0.804. The molecule has 20 heavy (non-hydrogen) atoms. The minimum absolute atomic E-state index is 0.230. The summed E-state index contributed by atoms with van der Waals surface area (Å²) in [6.07, 6.45) is 4.90. The number of alkyl halides is 1. The number of Topliss-reactive ketones (excluding diaryl/α,β-unsaturated/α-hetero) is 1. The van der Waals surface area contributed by atoms with Crippen molar-refractivity contribution < 1.29 is 9.53 Å². The van der Waals surface area contributed by atoms with E-state index in [9.17, 15) is 4.79 Å². The summed E-state index contributed by atoms with van der Waals surface area (Å²) in [7, 11) is 1.66. The van der Waals surface area contributed by atoms with E-state index in [-0.39, 0.29) is 11.7 Å². The normalized spacial score (nSPS) is 14.7. The van der Waals surface area contributed by atoms with Crippen LogP contribution in [0.15, 0.2) is 24.4 Å². The van der Waals surface area contributed by atoms with Crippen LogP contribution in [0.25, 0.3) is 10.9 Å². The van der Waals surface area contributed by atoms with E-state index in [2.05, 4.69) is 4.57 Å². The van der Waals surface area contributed by atoms with Gasteiger partial charge in [0, 0.05) is 35.5 Å². The van der Waals surface area contributed by atoms with E-state index >= 15 is 0 Å². The van der Waals surface area contributed by atoms with Gasteiger partial charge in [-0.3, -0.25) is 4.79 Å². The van der Waals surface area contributed by atoms with Crippen molar-refractivity contribution in [2.75, 3.05) is 13.0 Å². The zero-order valence-corrected chi connectivity index (χ0v) is 12.3. The highest BCUT2D eigenvalue weighted by molar-refractivity contribution is 6.17. The predicted octanol–water partition coefficient (Wildman–Crippen LogP) is 3.87. The molecular weight excluding hydrogens is 274 g/mol. The Labute approximate surface area is 123 Å². The maximum atomic E-state index is 12.4. The standard InChI is InChI=1S/C16H18ClNO2/c1-20-14-5-2-4-12-13(16(19)11-6-7-11)10-18(15(12)14)9-3-8-17/h2,4-5,10-11H,3,6-9H2,1H3. The molecule has 4 heteroatoms. The average Bonchev–Trinajstić information content (AvgIpc) is 3.26. The molecule has 0 N–H and O–H groups in total. The largest absolute Gasteiger partial charge is 0.495 e. The summed E-state index contributed by atoms with van der Waals surface area (Å²) < 4.78 is 7.56. The molecule has 0 bridgehead atoms. The fraction of sp³-hybridized carbons (Fsp3) is 0.438. The van der Waals surface area contributed by atoms with E-state index in [1.54, 1.807) is 7.11 Å². The second kappa shape index (κ2) is 5.49. The predicted molar refractivity (Wildman–Crippen MR) is 80.9 cm³/mol. The number of hydrogen-bond acceptors (Lipinski definition) is 2. The molecule has 1 aliphatic rings. The van der Waals surface area contributed by atoms with Crippen molar-refractivity contribution in [1.82, 2.24) is 4.57 Å². The molecule has 3 nitrogen and oxygen atoms in total. The van der Waals surface area contributed by atoms with Crippen molar-refractivity contribution in [3.63, 3.8) is 0 Å². The van der Waals surface area contributed by atoms with E-state index in [1.165, 1.54) is 0 Å². The topological polar surface area (TPSA) is 31.2 Å². The summed E-state index contributed by atoms with van der Waals surface area (Å²) in [5, 5.41) is 0.996. The fourth-order valence-electron chi connectivity index (χ4n) is 2.66. The van der Waals surface area contributed by atoms with Gasteiger partial charge in [0.25, 0.3) is 0 Å². The molecule has 0 radical (unpaired) electrons. The quantitative estimate of drug-likeness (QED) is 0.597. The average molecular weight is 292 g/mol. The van der Waals surface area contributed by atoms with Crippen molar-refractivity contribution in [3.8, 4) is 5.75 Å². The van der Waals surface area contributed by atoms with Gasteiger partial charge in [0.1, 0.15) is 5.75 Å². The van der Waals surface area contributed by atoms with Gasteiger partial charge in [-0.25, -0.2) is 0 Å². The van der Waals surface area contributed by atoms with Gasteiger partial charge in [-0.2, -0.15) is 0 Å². The molecular formula is C16H18ClNO2. The van der Waals surface area contributed by atoms with E-state index in [4.69, 9.17) is 16.3 Å². The summed E-state index contributed by atoms with van der Waals surface area (Å²) in [6, 6.07) is 5.88. The van der Waals surface area contributed by atoms with Crippen LogP contribution < -0.4 is 4.74 Å². The number of ketones is 1. The molecule has 106 valence electrons. The SMILES string of the molecule is COc1cccc2c(C(=O)C3CC3)cn(CCCCl)c12. The Morgan fingerprint density at radius 2 is 2.25 bits per heavy atom. The van der Waals surface area contributed by atoms with Crippen LogP contribution in [0.4, 0.5) is 0 Å². The Kier molecular flexibility index (Phi) is 3.70. The Morgan fingerprint density at radius 3 is 2.90 bits per heavy atom. The molecule has 1 heterocycles. The van der Waals surface area contributed by atoms with Crippen molar-refractivity contribution in [3.05, 3.63) is 30.0 Å². The number of nitrogens with zero attached hydrogens (tertiary/aromatic N) is 1. The number of carbonyl (C=O) groups excluding carboxylic acids is 1. The molecule has 1 fully saturated rings. The van der Waals surface area contributed by atoms with Gasteiger partial charge in [0.2, 0.25) is 0 Å². The van der Waals surface area contributed by atoms with Gasteiger partial charge in [0.15, 0.2) is 5.78 Å². The first-order valence-electron chi connectivity index (χ1n) is 7.02. The molecule has 0 aliphatic heterocycles. The van der Waals surface area contributed by atoms with Gasteiger partial charge in [-0.05, 0) is 25.3 Å². The first-order chi connectivity index (χ1) is 9.76. The molecule has 0 amide bonds. The third-order valence-corrected chi connectivity index (χ3v) is 4.09. The lowest BCUT2D eigenvalue weighted by Gasteiger charge is -2.07. The molecule has 1 aromatic carbocycles. The number of rotatable bonds is 6. The molecule has 2 aromatic rings. The number of aromatic nitrogens is 1. The number of para-hydroxylation sites is 1. The number of aryl methyl sites for hydroxylation is 1. The molecule has 0 atom stereocenters. The number of methoxy groups -OCH3 is 1. The Bertz CT molecular complexity index is 643. The Morgan fingerprint density at radius 1 is 1.45 bits per heavy atom. The van der Waals surface area contributed by atoms with Crippen LogP contribution in [0.1, 0.15) is 29.6 Å². The molecule has 0 unspecified atom stereocenters. The number of hydrogen-bond donors (Lipinski definition) is 0. The highest BCUT2D eigenvalue weighted by Gasteiger charge is 2.32. The summed E-state index contributed by atoms with van der Waals surface area (Å²) >= 11 is 5.79. The highest BCUT2D eigenvalue weighted by Crippen LogP contribution is 2.37. The molecule has 1 aliphatic carbocycles. The first-order valence-corrected chi connectivity index (χ1v) is 7.55. The van der Waals surface area contributed by atoms with Crippen LogP contribution in [-0.4, -0.2) is 23.3 Å². The molecule has 3 rings (SSSR count). The first kappa shape index (κ1) is 13.5. The van der Waals surface area contributed by atoms with E-state index < -0.39 is 0 Å². The number of carbonyl (C=O) groups is 1. The van der Waals surface area contributed by atoms with Crippen molar-refractivity contribution in [2.45, 2.75) is 25.8 Å². The van der Waals surface area contributed by atoms with E-state index in [0.29, 0.717) is 5.88 Å². The Balaban J connectivity index is 2.13. The zero-order chi connectivity index (χ0) is 14.1. The van der Waals surface area contributed by atoms with Crippen LogP contribution in [0, 0.1) is 5.92 Å². The zero-order valence-electron chi connectivity index (χ0n) is 11.6. The van der Waals surface area contributed by atoms with Crippen LogP contribution in [0.2, 0.25) is 0 Å². The molecule has 0 spiro atoms. The Hall–Kier alpha value is -1.48. The lowest BCUT2D eigenvalue weighted by Crippen LogP contribution is -2.01.